The van der Waals surface area contributed by atoms with Crippen molar-refractivity contribution in [1.29, 1.82) is 0 Å². The van der Waals surface area contributed by atoms with E-state index < -0.39 is 6.10 Å². The van der Waals surface area contributed by atoms with Crippen LogP contribution >= 0.6 is 70.7 Å². The SMILES string of the molecule is OC(c1cc(Br)c(Cl)s1)c1cc(Br)ccc1Br. The van der Waals surface area contributed by atoms with E-state index in [9.17, 15) is 5.11 Å². The number of hydrogen-bond acceptors (Lipinski definition) is 2. The number of hydrogen-bond donors (Lipinski definition) is 1. The van der Waals surface area contributed by atoms with Gasteiger partial charge >= 0.3 is 0 Å². The lowest BCUT2D eigenvalue weighted by atomic mass is 10.1. The van der Waals surface area contributed by atoms with E-state index in [0.717, 1.165) is 23.9 Å². The fourth-order valence-corrected chi connectivity index (χ4v) is 3.96. The Morgan fingerprint density at radius 1 is 1.12 bits per heavy atom. The van der Waals surface area contributed by atoms with Gasteiger partial charge in [-0.15, -0.1) is 11.3 Å². The Bertz CT molecular complexity index is 536. The number of thiophene rings is 1. The van der Waals surface area contributed by atoms with Crippen LogP contribution in [0.5, 0.6) is 0 Å². The summed E-state index contributed by atoms with van der Waals surface area (Å²) in [7, 11) is 0. The summed E-state index contributed by atoms with van der Waals surface area (Å²) in [5.41, 5.74) is 0.810. The maximum absolute atomic E-state index is 10.3. The van der Waals surface area contributed by atoms with E-state index in [2.05, 4.69) is 47.8 Å². The van der Waals surface area contributed by atoms with Crippen molar-refractivity contribution in [2.45, 2.75) is 6.10 Å². The van der Waals surface area contributed by atoms with E-state index in [0.29, 0.717) is 4.34 Å². The van der Waals surface area contributed by atoms with E-state index in [4.69, 9.17) is 11.6 Å². The molecule has 0 aliphatic rings. The molecular formula is C11H6Br3ClOS. The molecule has 1 unspecified atom stereocenters. The molecule has 0 saturated heterocycles. The molecule has 0 amide bonds. The van der Waals surface area contributed by atoms with E-state index >= 15 is 0 Å². The van der Waals surface area contributed by atoms with Gasteiger partial charge in [0.1, 0.15) is 10.4 Å². The van der Waals surface area contributed by atoms with Crippen molar-refractivity contribution in [2.75, 3.05) is 0 Å². The average molecular weight is 461 g/mol. The third kappa shape index (κ3) is 3.14. The number of aliphatic hydroxyl groups is 1. The zero-order chi connectivity index (χ0) is 12.6. The molecule has 2 aromatic rings. The molecule has 1 heterocycles. The van der Waals surface area contributed by atoms with Crippen LogP contribution in [-0.4, -0.2) is 5.11 Å². The number of aliphatic hydroxyl groups excluding tert-OH is 1. The molecule has 1 aromatic carbocycles. The van der Waals surface area contributed by atoms with Crippen molar-refractivity contribution in [3.05, 3.63) is 52.5 Å². The zero-order valence-corrected chi connectivity index (χ0v) is 14.6. The van der Waals surface area contributed by atoms with Crippen molar-refractivity contribution >= 4 is 70.7 Å². The van der Waals surface area contributed by atoms with E-state index in [1.54, 1.807) is 0 Å². The fourth-order valence-electron chi connectivity index (χ4n) is 1.38. The number of halogens is 4. The molecule has 90 valence electrons. The maximum atomic E-state index is 10.3. The molecular weight excluding hydrogens is 455 g/mol. The predicted molar refractivity (Wildman–Crippen MR) is 82.9 cm³/mol. The summed E-state index contributed by atoms with van der Waals surface area (Å²) in [6.45, 7) is 0. The Morgan fingerprint density at radius 2 is 1.82 bits per heavy atom. The van der Waals surface area contributed by atoms with Gasteiger partial charge in [-0.05, 0) is 40.2 Å². The highest BCUT2D eigenvalue weighted by Gasteiger charge is 2.17. The Labute approximate surface area is 133 Å². The van der Waals surface area contributed by atoms with Crippen LogP contribution in [0, 0.1) is 0 Å². The van der Waals surface area contributed by atoms with Gasteiger partial charge in [-0.25, -0.2) is 0 Å². The third-order valence-electron chi connectivity index (χ3n) is 2.19. The Hall–Kier alpha value is 0.610. The molecule has 6 heteroatoms. The summed E-state index contributed by atoms with van der Waals surface area (Å²) in [5, 5.41) is 10.3. The molecule has 0 aliphatic carbocycles. The average Bonchev–Trinajstić information content (AvgIpc) is 2.62. The normalized spacial score (nSPS) is 12.8. The van der Waals surface area contributed by atoms with Crippen LogP contribution < -0.4 is 0 Å². The molecule has 17 heavy (non-hydrogen) atoms. The quantitative estimate of drug-likeness (QED) is 0.602. The highest BCUT2D eigenvalue weighted by atomic mass is 79.9. The lowest BCUT2D eigenvalue weighted by molar-refractivity contribution is 0.223. The van der Waals surface area contributed by atoms with E-state index in [1.807, 2.05) is 24.3 Å². The van der Waals surface area contributed by atoms with Crippen LogP contribution in [0.1, 0.15) is 16.5 Å². The van der Waals surface area contributed by atoms with Crippen LogP contribution in [0.15, 0.2) is 37.7 Å². The Morgan fingerprint density at radius 3 is 2.41 bits per heavy atom. The minimum absolute atomic E-state index is 0.644. The van der Waals surface area contributed by atoms with Crippen molar-refractivity contribution in [3.63, 3.8) is 0 Å². The lowest BCUT2D eigenvalue weighted by Gasteiger charge is -2.11. The minimum atomic E-state index is -0.685. The summed E-state index contributed by atoms with van der Waals surface area (Å²) in [5.74, 6) is 0. The summed E-state index contributed by atoms with van der Waals surface area (Å²) >= 11 is 17.5. The highest BCUT2D eigenvalue weighted by Crippen LogP contribution is 2.39. The van der Waals surface area contributed by atoms with Crippen molar-refractivity contribution in [3.8, 4) is 0 Å². The first kappa shape index (κ1) is 14.0. The summed E-state index contributed by atoms with van der Waals surface area (Å²) in [6.07, 6.45) is -0.685. The first-order valence-corrected chi connectivity index (χ1v) is 8.14. The summed E-state index contributed by atoms with van der Waals surface area (Å²) in [4.78, 5) is 0.806. The van der Waals surface area contributed by atoms with Crippen LogP contribution in [0.25, 0.3) is 0 Å². The van der Waals surface area contributed by atoms with Crippen LogP contribution in [-0.2, 0) is 0 Å². The lowest BCUT2D eigenvalue weighted by Crippen LogP contribution is -1.98. The Kier molecular flexibility index (Phi) is 4.72. The second-order valence-electron chi connectivity index (χ2n) is 3.34. The van der Waals surface area contributed by atoms with E-state index in [1.165, 1.54) is 11.3 Å². The van der Waals surface area contributed by atoms with Crippen molar-refractivity contribution in [2.24, 2.45) is 0 Å². The molecule has 1 nitrogen and oxygen atoms in total. The minimum Gasteiger partial charge on any atom is -0.383 e. The molecule has 0 saturated carbocycles. The first-order chi connectivity index (χ1) is 7.99. The number of benzene rings is 1. The topological polar surface area (TPSA) is 20.2 Å². The van der Waals surface area contributed by atoms with Gasteiger partial charge in [0.05, 0.1) is 0 Å². The number of rotatable bonds is 2. The van der Waals surface area contributed by atoms with Gasteiger partial charge in [-0.2, -0.15) is 0 Å². The van der Waals surface area contributed by atoms with Crippen molar-refractivity contribution < 1.29 is 5.11 Å². The molecule has 0 radical (unpaired) electrons. The molecule has 0 bridgehead atoms. The molecule has 0 fully saturated rings. The highest BCUT2D eigenvalue weighted by molar-refractivity contribution is 9.11. The fraction of sp³-hybridized carbons (Fsp3) is 0.0909. The second kappa shape index (κ2) is 5.72. The summed E-state index contributed by atoms with van der Waals surface area (Å²) < 4.78 is 3.25. The summed E-state index contributed by atoms with van der Waals surface area (Å²) in [6, 6.07) is 7.53. The van der Waals surface area contributed by atoms with Gasteiger partial charge in [-0.3, -0.25) is 0 Å². The van der Waals surface area contributed by atoms with Gasteiger partial charge in [0, 0.05) is 23.9 Å². The van der Waals surface area contributed by atoms with Gasteiger partial charge in [-0.1, -0.05) is 43.5 Å². The molecule has 0 aliphatic heterocycles. The third-order valence-corrected chi connectivity index (χ3v) is 5.93. The molecule has 2 rings (SSSR count). The molecule has 1 N–H and O–H groups in total. The van der Waals surface area contributed by atoms with Gasteiger partial charge < -0.3 is 5.11 Å². The van der Waals surface area contributed by atoms with E-state index in [-0.39, 0.29) is 0 Å². The largest absolute Gasteiger partial charge is 0.383 e. The van der Waals surface area contributed by atoms with Crippen LogP contribution in [0.3, 0.4) is 0 Å². The molecule has 1 aromatic heterocycles. The van der Waals surface area contributed by atoms with Crippen molar-refractivity contribution in [1.82, 2.24) is 0 Å². The second-order valence-corrected chi connectivity index (χ2v) is 7.65. The molecule has 0 spiro atoms. The standard InChI is InChI=1S/C11H6Br3ClOS/c12-5-1-2-7(13)6(3-5)10(16)9-4-8(14)11(15)17-9/h1-4,10,16H. The van der Waals surface area contributed by atoms with Gasteiger partial charge in [0.15, 0.2) is 0 Å². The smallest absolute Gasteiger partial charge is 0.114 e. The van der Waals surface area contributed by atoms with Gasteiger partial charge in [0.25, 0.3) is 0 Å². The zero-order valence-electron chi connectivity index (χ0n) is 8.25. The van der Waals surface area contributed by atoms with Crippen LogP contribution in [0.4, 0.5) is 0 Å². The molecule has 1 atom stereocenters. The Balaban J connectivity index is 2.42. The van der Waals surface area contributed by atoms with Gasteiger partial charge in [0.2, 0.25) is 0 Å². The maximum Gasteiger partial charge on any atom is 0.114 e. The predicted octanol–water partition coefficient (Wildman–Crippen LogP) is 5.77. The monoisotopic (exact) mass is 458 g/mol. The first-order valence-electron chi connectivity index (χ1n) is 4.57. The van der Waals surface area contributed by atoms with Crippen LogP contribution in [0.2, 0.25) is 4.34 Å².